The number of carboxylic acid groups (broad SMARTS) is 2. The Bertz CT molecular complexity index is 1010. The highest BCUT2D eigenvalue weighted by Crippen LogP contribution is 2.40. The molecule has 0 amide bonds. The zero-order valence-corrected chi connectivity index (χ0v) is 18.8. The standard InChI is InChI=1S/C13H16O4.C11H12O4/c1-13(2)7-6-8-10(17-13)5-4-9(12(14)15)11(8)16-3;1-14-9-5-3-8(4-6-11(12)13)7-10(9)15-2/h4-5H,6-7H2,1-3H3,(H,14,15);3-7H,1-2H3,(H,12,13). The number of benzene rings is 2. The largest absolute Gasteiger partial charge is 0.495 e. The van der Waals surface area contributed by atoms with E-state index in [-0.39, 0.29) is 11.2 Å². The van der Waals surface area contributed by atoms with E-state index in [9.17, 15) is 9.59 Å². The molecule has 0 saturated heterocycles. The first-order valence-electron chi connectivity index (χ1n) is 9.87. The second-order valence-corrected chi connectivity index (χ2v) is 7.58. The van der Waals surface area contributed by atoms with Gasteiger partial charge >= 0.3 is 11.9 Å². The summed E-state index contributed by atoms with van der Waals surface area (Å²) in [6, 6.07) is 8.42. The summed E-state index contributed by atoms with van der Waals surface area (Å²) in [5.41, 5.74) is 1.58. The van der Waals surface area contributed by atoms with Crippen LogP contribution in [0.2, 0.25) is 0 Å². The summed E-state index contributed by atoms with van der Waals surface area (Å²) in [5, 5.41) is 17.5. The molecule has 2 N–H and O–H groups in total. The number of aromatic carboxylic acids is 1. The monoisotopic (exact) mass is 444 g/mol. The number of carbonyl (C=O) groups is 2. The third-order valence-electron chi connectivity index (χ3n) is 4.84. The van der Waals surface area contributed by atoms with Crippen molar-refractivity contribution < 1.29 is 38.7 Å². The van der Waals surface area contributed by atoms with Crippen molar-refractivity contribution in [1.29, 1.82) is 0 Å². The number of aliphatic carboxylic acids is 1. The Labute approximate surface area is 187 Å². The van der Waals surface area contributed by atoms with Crippen LogP contribution in [0.5, 0.6) is 23.0 Å². The summed E-state index contributed by atoms with van der Waals surface area (Å²) in [6.45, 7) is 4.04. The first-order chi connectivity index (χ1) is 15.1. The molecule has 0 spiro atoms. The predicted molar refractivity (Wildman–Crippen MR) is 119 cm³/mol. The molecule has 2 aromatic rings. The molecule has 8 nitrogen and oxygen atoms in total. The Kier molecular flexibility index (Phi) is 8.12. The minimum Gasteiger partial charge on any atom is -0.495 e. The van der Waals surface area contributed by atoms with E-state index in [1.54, 1.807) is 31.4 Å². The van der Waals surface area contributed by atoms with Crippen LogP contribution in [0.3, 0.4) is 0 Å². The molecule has 8 heteroatoms. The molecule has 3 rings (SSSR count). The van der Waals surface area contributed by atoms with Crippen molar-refractivity contribution in [2.45, 2.75) is 32.3 Å². The average Bonchev–Trinajstić information content (AvgIpc) is 2.76. The van der Waals surface area contributed by atoms with E-state index in [0.717, 1.165) is 35.8 Å². The summed E-state index contributed by atoms with van der Waals surface area (Å²) in [7, 11) is 4.56. The summed E-state index contributed by atoms with van der Waals surface area (Å²) in [4.78, 5) is 21.4. The number of fused-ring (bicyclic) bond motifs is 1. The van der Waals surface area contributed by atoms with Gasteiger partial charge in [-0.25, -0.2) is 9.59 Å². The predicted octanol–water partition coefficient (Wildman–Crippen LogP) is 4.30. The number of carboxylic acids is 2. The number of rotatable bonds is 6. The lowest BCUT2D eigenvalue weighted by Gasteiger charge is -2.33. The molecule has 172 valence electrons. The summed E-state index contributed by atoms with van der Waals surface area (Å²) < 4.78 is 21.2. The maximum Gasteiger partial charge on any atom is 0.339 e. The Morgan fingerprint density at radius 3 is 2.25 bits per heavy atom. The van der Waals surface area contributed by atoms with Crippen molar-refractivity contribution in [1.82, 2.24) is 0 Å². The van der Waals surface area contributed by atoms with E-state index in [2.05, 4.69) is 0 Å². The van der Waals surface area contributed by atoms with Gasteiger partial charge in [0.05, 0.1) is 21.3 Å². The number of hydrogen-bond acceptors (Lipinski definition) is 6. The van der Waals surface area contributed by atoms with Gasteiger partial charge in [-0.2, -0.15) is 0 Å². The molecule has 0 aromatic heterocycles. The molecular weight excluding hydrogens is 416 g/mol. The molecule has 32 heavy (non-hydrogen) atoms. The van der Waals surface area contributed by atoms with Crippen molar-refractivity contribution in [3.8, 4) is 23.0 Å². The zero-order chi connectivity index (χ0) is 23.9. The molecular formula is C24H28O8. The molecule has 1 aliphatic heterocycles. The van der Waals surface area contributed by atoms with Crippen LogP contribution in [0.25, 0.3) is 6.08 Å². The van der Waals surface area contributed by atoms with E-state index in [1.165, 1.54) is 26.4 Å². The van der Waals surface area contributed by atoms with Gasteiger partial charge in [-0.05, 0) is 62.6 Å². The molecule has 0 radical (unpaired) electrons. The molecule has 1 heterocycles. The molecule has 0 atom stereocenters. The highest BCUT2D eigenvalue weighted by atomic mass is 16.5. The fraction of sp³-hybridized carbons (Fsp3) is 0.333. The van der Waals surface area contributed by atoms with E-state index in [4.69, 9.17) is 29.2 Å². The Balaban J connectivity index is 0.000000229. The third kappa shape index (κ3) is 6.16. The van der Waals surface area contributed by atoms with Crippen molar-refractivity contribution in [3.63, 3.8) is 0 Å². The Hall–Kier alpha value is -3.68. The number of methoxy groups -OCH3 is 3. The average molecular weight is 444 g/mol. The molecule has 2 aromatic carbocycles. The first kappa shape index (κ1) is 24.6. The second kappa shape index (κ2) is 10.6. The molecule has 0 fully saturated rings. The van der Waals surface area contributed by atoms with Crippen LogP contribution >= 0.6 is 0 Å². The minimum atomic E-state index is -0.982. The van der Waals surface area contributed by atoms with Gasteiger partial charge in [0, 0.05) is 11.6 Å². The van der Waals surface area contributed by atoms with Gasteiger partial charge in [-0.15, -0.1) is 0 Å². The maximum atomic E-state index is 11.1. The molecule has 0 aliphatic carbocycles. The number of ether oxygens (including phenoxy) is 4. The van der Waals surface area contributed by atoms with Crippen LogP contribution in [-0.2, 0) is 11.2 Å². The lowest BCUT2D eigenvalue weighted by Crippen LogP contribution is -2.32. The van der Waals surface area contributed by atoms with Crippen LogP contribution < -0.4 is 18.9 Å². The van der Waals surface area contributed by atoms with Crippen LogP contribution in [-0.4, -0.2) is 49.1 Å². The van der Waals surface area contributed by atoms with Gasteiger partial charge in [0.1, 0.15) is 22.7 Å². The fourth-order valence-corrected chi connectivity index (χ4v) is 3.24. The molecule has 0 bridgehead atoms. The summed E-state index contributed by atoms with van der Waals surface area (Å²) >= 11 is 0. The minimum absolute atomic E-state index is 0.189. The van der Waals surface area contributed by atoms with Gasteiger partial charge in [0.2, 0.25) is 0 Å². The SMILES string of the molecule is COc1c(C(=O)O)ccc2c1CCC(C)(C)O2.COc1ccc(C=CC(=O)O)cc1OC. The van der Waals surface area contributed by atoms with E-state index in [0.29, 0.717) is 17.2 Å². The first-order valence-corrected chi connectivity index (χ1v) is 9.87. The van der Waals surface area contributed by atoms with E-state index < -0.39 is 11.9 Å². The normalized spacial score (nSPS) is 13.8. The van der Waals surface area contributed by atoms with Crippen LogP contribution in [0.1, 0.15) is 41.8 Å². The van der Waals surface area contributed by atoms with Crippen molar-refractivity contribution in [2.75, 3.05) is 21.3 Å². The van der Waals surface area contributed by atoms with Crippen LogP contribution in [0.4, 0.5) is 0 Å². The Morgan fingerprint density at radius 1 is 1.00 bits per heavy atom. The van der Waals surface area contributed by atoms with Crippen molar-refractivity contribution in [2.24, 2.45) is 0 Å². The van der Waals surface area contributed by atoms with E-state index >= 15 is 0 Å². The number of hydrogen-bond donors (Lipinski definition) is 2. The lowest BCUT2D eigenvalue weighted by atomic mass is 9.92. The fourth-order valence-electron chi connectivity index (χ4n) is 3.24. The van der Waals surface area contributed by atoms with Crippen molar-refractivity contribution in [3.05, 3.63) is 53.1 Å². The van der Waals surface area contributed by atoms with Crippen LogP contribution in [0.15, 0.2) is 36.4 Å². The second-order valence-electron chi connectivity index (χ2n) is 7.58. The van der Waals surface area contributed by atoms with Gasteiger partial charge in [0.15, 0.2) is 11.5 Å². The highest BCUT2D eigenvalue weighted by Gasteiger charge is 2.30. The lowest BCUT2D eigenvalue weighted by molar-refractivity contribution is -0.131. The quantitative estimate of drug-likeness (QED) is 0.635. The van der Waals surface area contributed by atoms with Gasteiger partial charge < -0.3 is 29.2 Å². The highest BCUT2D eigenvalue weighted by molar-refractivity contribution is 5.92. The molecule has 0 unspecified atom stereocenters. The topological polar surface area (TPSA) is 112 Å². The zero-order valence-electron chi connectivity index (χ0n) is 18.8. The van der Waals surface area contributed by atoms with Gasteiger partial charge in [0.25, 0.3) is 0 Å². The Morgan fingerprint density at radius 2 is 1.69 bits per heavy atom. The van der Waals surface area contributed by atoms with E-state index in [1.807, 2.05) is 13.8 Å². The van der Waals surface area contributed by atoms with Gasteiger partial charge in [-0.1, -0.05) is 6.07 Å². The maximum absolute atomic E-state index is 11.1. The summed E-state index contributed by atoms with van der Waals surface area (Å²) in [5.74, 6) is 0.378. The van der Waals surface area contributed by atoms with Crippen molar-refractivity contribution >= 4 is 18.0 Å². The smallest absolute Gasteiger partial charge is 0.339 e. The van der Waals surface area contributed by atoms with Gasteiger partial charge in [-0.3, -0.25) is 0 Å². The van der Waals surface area contributed by atoms with Crippen LogP contribution in [0, 0.1) is 0 Å². The molecule has 1 aliphatic rings. The third-order valence-corrected chi connectivity index (χ3v) is 4.84. The molecule has 0 saturated carbocycles. The summed E-state index contributed by atoms with van der Waals surface area (Å²) in [6.07, 6.45) is 4.18.